The molecule has 0 saturated heterocycles. The number of aromatic nitrogens is 8. The molecule has 0 spiro atoms. The Morgan fingerprint density at radius 2 is 1.83 bits per heavy atom. The number of rotatable bonds is 7. The fourth-order valence-corrected chi connectivity index (χ4v) is 4.63. The van der Waals surface area contributed by atoms with Crippen LogP contribution in [-0.2, 0) is 7.05 Å². The van der Waals surface area contributed by atoms with Crippen LogP contribution in [0.15, 0.2) is 78.4 Å². The van der Waals surface area contributed by atoms with Gasteiger partial charge in [0.15, 0.2) is 5.69 Å². The van der Waals surface area contributed by atoms with Gasteiger partial charge in [-0.2, -0.15) is 15.3 Å². The van der Waals surface area contributed by atoms with E-state index in [9.17, 15) is 14.0 Å². The van der Waals surface area contributed by atoms with Gasteiger partial charge in [-0.3, -0.25) is 24.1 Å². The molecule has 4 aromatic heterocycles. The van der Waals surface area contributed by atoms with E-state index in [4.69, 9.17) is 4.74 Å². The van der Waals surface area contributed by atoms with Crippen LogP contribution in [0.1, 0.15) is 29.4 Å². The highest BCUT2D eigenvalue weighted by Gasteiger charge is 2.27. The Morgan fingerprint density at radius 3 is 2.55 bits per heavy atom. The van der Waals surface area contributed by atoms with Crippen molar-refractivity contribution in [1.82, 2.24) is 39.7 Å². The van der Waals surface area contributed by atoms with Crippen LogP contribution in [0.2, 0.25) is 0 Å². The van der Waals surface area contributed by atoms with Crippen molar-refractivity contribution in [2.75, 3.05) is 5.32 Å². The number of ether oxygens (including phenoxy) is 1. The zero-order valence-electron chi connectivity index (χ0n) is 22.2. The van der Waals surface area contributed by atoms with E-state index in [1.807, 2.05) is 19.2 Å². The molecule has 208 valence electrons. The Morgan fingerprint density at radius 1 is 1.05 bits per heavy atom. The molecular weight excluding hydrogens is 541 g/mol. The van der Waals surface area contributed by atoms with E-state index in [0.717, 1.165) is 34.9 Å². The summed E-state index contributed by atoms with van der Waals surface area (Å²) in [5, 5.41) is 19.0. The van der Waals surface area contributed by atoms with Gasteiger partial charge in [0.25, 0.3) is 5.91 Å². The molecule has 0 atom stereocenters. The number of carbonyl (C=O) groups is 1. The van der Waals surface area contributed by atoms with Gasteiger partial charge in [-0.1, -0.05) is 12.1 Å². The van der Waals surface area contributed by atoms with E-state index in [1.54, 1.807) is 34.2 Å². The maximum Gasteiger partial charge on any atom is 0.322 e. The fraction of sp³-hybridized carbons (Fsp3) is 0.138. The lowest BCUT2D eigenvalue weighted by Crippen LogP contribution is -2.27. The van der Waals surface area contributed by atoms with E-state index in [1.165, 1.54) is 36.7 Å². The quantitative estimate of drug-likeness (QED) is 0.289. The van der Waals surface area contributed by atoms with Gasteiger partial charge in [-0.15, -0.1) is 0 Å². The summed E-state index contributed by atoms with van der Waals surface area (Å²) in [7, 11) is 1.86. The number of hydrogen-bond acceptors (Lipinski definition) is 8. The lowest BCUT2D eigenvalue weighted by Gasteiger charge is -2.11. The Kier molecular flexibility index (Phi) is 6.03. The second-order valence-corrected chi connectivity index (χ2v) is 9.91. The first-order chi connectivity index (χ1) is 20.4. The average molecular weight is 564 g/mol. The molecule has 4 heterocycles. The Bertz CT molecular complexity index is 2000. The van der Waals surface area contributed by atoms with Crippen LogP contribution in [0.4, 0.5) is 10.1 Å². The first-order valence-electron chi connectivity index (χ1n) is 13.1. The normalized spacial score (nSPS) is 12.9. The first-order valence-corrected chi connectivity index (χ1v) is 13.1. The predicted octanol–water partition coefficient (Wildman–Crippen LogP) is 4.50. The molecule has 12 nitrogen and oxygen atoms in total. The summed E-state index contributed by atoms with van der Waals surface area (Å²) in [4.78, 5) is 35.0. The molecule has 2 aromatic carbocycles. The van der Waals surface area contributed by atoms with E-state index in [-0.39, 0.29) is 29.0 Å². The van der Waals surface area contributed by atoms with E-state index in [0.29, 0.717) is 11.3 Å². The summed E-state index contributed by atoms with van der Waals surface area (Å²) in [5.74, 6) is -0.632. The van der Waals surface area contributed by atoms with Crippen molar-refractivity contribution in [2.24, 2.45) is 7.05 Å². The molecule has 1 aliphatic carbocycles. The Labute approximate surface area is 236 Å². The second kappa shape index (κ2) is 10.0. The van der Waals surface area contributed by atoms with Crippen molar-refractivity contribution in [3.8, 4) is 34.0 Å². The lowest BCUT2D eigenvalue weighted by molar-refractivity contribution is 0.101. The molecule has 0 radical (unpaired) electrons. The summed E-state index contributed by atoms with van der Waals surface area (Å²) in [6.07, 6.45) is 11.3. The number of H-pyrrole nitrogens is 1. The highest BCUT2D eigenvalue weighted by molar-refractivity contribution is 6.03. The maximum absolute atomic E-state index is 13.5. The smallest absolute Gasteiger partial charge is 0.322 e. The largest absolute Gasteiger partial charge is 0.424 e. The number of nitrogens with one attached hydrogen (secondary N) is 2. The van der Waals surface area contributed by atoms with Crippen LogP contribution >= 0.6 is 0 Å². The Hall–Kier alpha value is -5.72. The van der Waals surface area contributed by atoms with Gasteiger partial charge >= 0.3 is 6.01 Å². The molecule has 1 aliphatic rings. The number of hydrogen-bond donors (Lipinski definition) is 2. The summed E-state index contributed by atoms with van der Waals surface area (Å²) in [5.41, 5.74) is 2.65. The van der Waals surface area contributed by atoms with Crippen LogP contribution in [0.5, 0.6) is 11.8 Å². The third-order valence-electron chi connectivity index (χ3n) is 6.97. The molecule has 2 N–H and O–H groups in total. The fourth-order valence-electron chi connectivity index (χ4n) is 4.63. The topological polar surface area (TPSA) is 145 Å². The van der Waals surface area contributed by atoms with Crippen molar-refractivity contribution in [3.05, 3.63) is 95.3 Å². The highest BCUT2D eigenvalue weighted by atomic mass is 19.1. The van der Waals surface area contributed by atoms with Crippen molar-refractivity contribution in [2.45, 2.75) is 18.9 Å². The molecule has 42 heavy (non-hydrogen) atoms. The molecule has 0 unspecified atom stereocenters. The molecule has 6 aromatic rings. The number of fused-ring (bicyclic) bond motifs is 1. The zero-order chi connectivity index (χ0) is 28.8. The van der Waals surface area contributed by atoms with Gasteiger partial charge in [0.2, 0.25) is 5.43 Å². The average Bonchev–Trinajstić information content (AvgIpc) is 3.58. The highest BCUT2D eigenvalue weighted by Crippen LogP contribution is 2.36. The lowest BCUT2D eigenvalue weighted by atomic mass is 10.1. The van der Waals surface area contributed by atoms with Gasteiger partial charge in [0.1, 0.15) is 11.6 Å². The summed E-state index contributed by atoms with van der Waals surface area (Å²) in [6.45, 7) is 0. The molecule has 1 amide bonds. The number of anilines is 1. The van der Waals surface area contributed by atoms with Crippen molar-refractivity contribution < 1.29 is 13.9 Å². The predicted molar refractivity (Wildman–Crippen MR) is 151 cm³/mol. The van der Waals surface area contributed by atoms with Crippen LogP contribution in [0, 0.1) is 5.82 Å². The summed E-state index contributed by atoms with van der Waals surface area (Å²) < 4.78 is 22.9. The Balaban J connectivity index is 1.15. The summed E-state index contributed by atoms with van der Waals surface area (Å²) >= 11 is 0. The standard InChI is InChI=1S/C29H22FN9O3/c1-38-24-9-22(18-10-33-34-11-18)25(8-17(24)12-35-38)42-29-31-13-20(14-32-29)36-28(41)26-27(40)23(15-39(37-26)21-6-7-21)16-2-4-19(30)5-3-16/h2-5,8-15,21H,6-7H2,1H3,(H,33,34)(H,36,41). The van der Waals surface area contributed by atoms with Crippen LogP contribution in [0.25, 0.3) is 33.2 Å². The third-order valence-corrected chi connectivity index (χ3v) is 6.97. The molecule has 7 rings (SSSR count). The number of halogens is 1. The molecule has 0 aliphatic heterocycles. The van der Waals surface area contributed by atoms with Crippen LogP contribution in [-0.4, -0.2) is 45.6 Å². The number of aryl methyl sites for hydroxylation is 1. The van der Waals surface area contributed by atoms with Crippen LogP contribution in [0.3, 0.4) is 0 Å². The SMILES string of the molecule is Cn1ncc2cc(Oc3ncc(NC(=O)c4nn(C5CC5)cc(-c5ccc(F)cc5)c4=O)cn3)c(-c3cn[nH]c3)cc21. The summed E-state index contributed by atoms with van der Waals surface area (Å²) in [6, 6.07) is 9.48. The van der Waals surface area contributed by atoms with Crippen LogP contribution < -0.4 is 15.5 Å². The third kappa shape index (κ3) is 4.76. The van der Waals surface area contributed by atoms with E-state index < -0.39 is 17.2 Å². The number of benzene rings is 2. The van der Waals surface area contributed by atoms with E-state index in [2.05, 4.69) is 35.7 Å². The van der Waals surface area contributed by atoms with Crippen molar-refractivity contribution in [3.63, 3.8) is 0 Å². The number of nitrogens with zero attached hydrogens (tertiary/aromatic N) is 7. The molecule has 1 fully saturated rings. The number of carbonyl (C=O) groups excluding carboxylic acids is 1. The minimum Gasteiger partial charge on any atom is -0.424 e. The minimum atomic E-state index is -0.708. The monoisotopic (exact) mass is 563 g/mol. The van der Waals surface area contributed by atoms with Gasteiger partial charge in [-0.25, -0.2) is 14.4 Å². The van der Waals surface area contributed by atoms with Gasteiger partial charge in [-0.05, 0) is 42.7 Å². The second-order valence-electron chi connectivity index (χ2n) is 9.91. The van der Waals surface area contributed by atoms with Crippen molar-refractivity contribution >= 4 is 22.5 Å². The van der Waals surface area contributed by atoms with Gasteiger partial charge in [0, 0.05) is 41.5 Å². The molecule has 0 bridgehead atoms. The maximum atomic E-state index is 13.5. The van der Waals surface area contributed by atoms with Gasteiger partial charge in [0.05, 0.1) is 42.0 Å². The number of aromatic amines is 1. The minimum absolute atomic E-state index is 0.0495. The number of amides is 1. The van der Waals surface area contributed by atoms with Gasteiger partial charge < -0.3 is 10.1 Å². The zero-order valence-corrected chi connectivity index (χ0v) is 22.2. The van der Waals surface area contributed by atoms with E-state index >= 15 is 0 Å². The molecule has 13 heteroatoms. The first kappa shape index (κ1) is 25.3. The van der Waals surface area contributed by atoms with Crippen molar-refractivity contribution in [1.29, 1.82) is 0 Å². The molecule has 1 saturated carbocycles. The molecular formula is C29H22FN9O3.